The van der Waals surface area contributed by atoms with Gasteiger partial charge >= 0.3 is 0 Å². The number of carboxylic acids is 8. The monoisotopic (exact) mass is 1380 g/mol. The molecule has 2 aliphatic rings. The lowest BCUT2D eigenvalue weighted by Gasteiger charge is -2.13. The average Bonchev–Trinajstić information content (AvgIpc) is 1.61. The first-order valence-electron chi connectivity index (χ1n) is 31.4. The molecule has 8 bridgehead atoms. The molecule has 0 saturated carbocycles. The molecule has 0 unspecified atom stereocenters. The van der Waals surface area contributed by atoms with Gasteiger partial charge in [-0.15, -0.1) is 0 Å². The van der Waals surface area contributed by atoms with Crippen molar-refractivity contribution in [3.05, 3.63) is 284 Å². The summed E-state index contributed by atoms with van der Waals surface area (Å²) in [5, 5.41) is 94.5. The molecule has 0 spiro atoms. The zero-order valence-electron chi connectivity index (χ0n) is 53.7. The van der Waals surface area contributed by atoms with E-state index in [9.17, 15) is 79.2 Å². The highest BCUT2D eigenvalue weighted by atomic mass is 16.5. The minimum atomic E-state index is -1.59. The second-order valence-corrected chi connectivity index (χ2v) is 23.7. The number of aromatic amines is 2. The molecule has 514 valence electrons. The number of ether oxygens (including phenoxy) is 4. The molecule has 0 amide bonds. The molecule has 0 atom stereocenters. The van der Waals surface area contributed by atoms with Gasteiger partial charge in [-0.1, -0.05) is 48.5 Å². The van der Waals surface area contributed by atoms with Crippen LogP contribution in [0.2, 0.25) is 0 Å². The fourth-order valence-electron chi connectivity index (χ4n) is 12.0. The molecular weight excluding hydrogens is 1340 g/mol. The summed E-state index contributed by atoms with van der Waals surface area (Å²) in [4.78, 5) is 112. The largest absolute Gasteiger partial charge is 0.545 e. The summed E-state index contributed by atoms with van der Waals surface area (Å²) in [5.74, 6) is -11.5. The van der Waals surface area contributed by atoms with E-state index < -0.39 is 47.8 Å². The smallest absolute Gasteiger partial charge is 0.119 e. The van der Waals surface area contributed by atoms with E-state index in [0.29, 0.717) is 112 Å². The predicted molar refractivity (Wildman–Crippen MR) is 358 cm³/mol. The number of rotatable bonds is 24. The Kier molecular flexibility index (Phi) is 18.7. The lowest BCUT2D eigenvalue weighted by molar-refractivity contribution is -0.257. The topological polar surface area (TPSA) is 415 Å². The number of H-pyrrole nitrogens is 2. The first kappa shape index (κ1) is 67.9. The Balaban J connectivity index is 0.967. The average molecular weight is 1380 g/mol. The Morgan fingerprint density at radius 1 is 0.250 bits per heavy atom. The third-order valence-electron chi connectivity index (χ3n) is 16.8. The number of aromatic carboxylic acids is 8. The summed E-state index contributed by atoms with van der Waals surface area (Å²) in [6, 6.07) is 48.7. The van der Waals surface area contributed by atoms with Gasteiger partial charge in [0.1, 0.15) is 49.4 Å². The van der Waals surface area contributed by atoms with Crippen LogP contribution >= 0.6 is 0 Å². The zero-order chi connectivity index (χ0) is 73.0. The van der Waals surface area contributed by atoms with Crippen molar-refractivity contribution in [3.63, 3.8) is 0 Å². The van der Waals surface area contributed by atoms with E-state index in [-0.39, 0.29) is 93.2 Å². The van der Waals surface area contributed by atoms with Crippen molar-refractivity contribution in [2.45, 2.75) is 26.4 Å². The van der Waals surface area contributed by atoms with Crippen molar-refractivity contribution in [1.82, 2.24) is 19.9 Å². The Bertz CT molecular complexity index is 4830. The number of carbonyl (C=O) groups is 8. The van der Waals surface area contributed by atoms with Crippen LogP contribution in [-0.4, -0.2) is 67.7 Å². The first-order valence-corrected chi connectivity index (χ1v) is 31.4. The molecule has 24 heteroatoms. The van der Waals surface area contributed by atoms with Gasteiger partial charge in [-0.25, -0.2) is 9.97 Å². The van der Waals surface area contributed by atoms with Crippen LogP contribution in [0.3, 0.4) is 0 Å². The molecule has 13 rings (SSSR count). The van der Waals surface area contributed by atoms with Crippen molar-refractivity contribution < 1.29 is 98.2 Å². The summed E-state index contributed by atoms with van der Waals surface area (Å²) < 4.78 is 24.3. The second-order valence-electron chi connectivity index (χ2n) is 23.7. The van der Waals surface area contributed by atoms with Gasteiger partial charge in [-0.3, -0.25) is 0 Å². The maximum atomic E-state index is 11.8. The normalized spacial score (nSPS) is 11.4. The van der Waals surface area contributed by atoms with E-state index in [1.54, 1.807) is 97.1 Å². The fourth-order valence-corrected chi connectivity index (χ4v) is 12.0. The van der Waals surface area contributed by atoms with Gasteiger partial charge in [0.15, 0.2) is 0 Å². The lowest BCUT2D eigenvalue weighted by Crippen LogP contribution is -2.26. The molecule has 11 aromatic rings. The van der Waals surface area contributed by atoms with Crippen molar-refractivity contribution in [1.29, 1.82) is 0 Å². The number of carboxylic acid groups (broad SMARTS) is 8. The van der Waals surface area contributed by atoms with E-state index in [2.05, 4.69) is 9.97 Å². The van der Waals surface area contributed by atoms with E-state index in [0.717, 1.165) is 24.3 Å². The zero-order valence-corrected chi connectivity index (χ0v) is 53.7. The third-order valence-corrected chi connectivity index (χ3v) is 16.8. The molecule has 5 heterocycles. The van der Waals surface area contributed by atoms with Gasteiger partial charge in [0, 0.05) is 44.3 Å². The van der Waals surface area contributed by atoms with Gasteiger partial charge < -0.3 is 108 Å². The molecule has 2 aliphatic heterocycles. The number of hydrogen-bond donors (Lipinski definition) is 2. The number of nitrogens with zero attached hydrogens (tertiary/aromatic N) is 2. The lowest BCUT2D eigenvalue weighted by atomic mass is 10.0. The second kappa shape index (κ2) is 28.6. The van der Waals surface area contributed by atoms with E-state index in [1.807, 2.05) is 48.6 Å². The molecule has 8 aromatic carbocycles. The molecule has 0 radical (unpaired) electrons. The Morgan fingerprint density at radius 2 is 0.423 bits per heavy atom. The summed E-state index contributed by atoms with van der Waals surface area (Å²) in [7, 11) is 0. The number of benzene rings is 8. The molecular formula is C80H46N4O20-8. The highest BCUT2D eigenvalue weighted by Crippen LogP contribution is 2.40. The van der Waals surface area contributed by atoms with E-state index in [1.165, 1.54) is 48.5 Å². The molecule has 24 nitrogen and oxygen atoms in total. The molecule has 104 heavy (non-hydrogen) atoms. The van der Waals surface area contributed by atoms with Crippen LogP contribution in [-0.2, 0) is 26.4 Å². The molecule has 0 aliphatic carbocycles. The maximum absolute atomic E-state index is 11.8. The number of carbonyl (C=O) groups excluding carboxylic acids is 8. The minimum Gasteiger partial charge on any atom is -0.545 e. The van der Waals surface area contributed by atoms with Gasteiger partial charge in [0.2, 0.25) is 0 Å². The standard InChI is InChI=1S/C80H54N4O20/c85-73(86)49-25-41(26-50(33-49)74(87)88)37-101-57-9-1-45(2-10-57)69-61-17-19-63(81-61)70(46-3-11-58(12-4-46)102-38-42-27-51(75(89)90)34-52(28-42)76(91)92)65-21-23-67(83-65)72(48-7-15-60(16-8-48)104-40-44-31-55(79(97)98)36-56(32-44)80(99)100)68-24-22-66(84-68)71(64-20-18-62(69)82-64)47-5-13-59(14-6-47)103-39-43-29-53(77(93)94)35-54(30-43)78(95)96/h1-36,81,84H,37-40H2,(H,85,86)(H,87,88)(H,89,90)(H,91,92)(H,93,94)(H,95,96)(H,97,98)(H,99,100)/p-8. The van der Waals surface area contributed by atoms with Crippen LogP contribution in [0.5, 0.6) is 23.0 Å². The summed E-state index contributed by atoms with van der Waals surface area (Å²) >= 11 is 0. The summed E-state index contributed by atoms with van der Waals surface area (Å²) in [5.41, 5.74) is 6.75. The van der Waals surface area contributed by atoms with Crippen LogP contribution in [0.25, 0.3) is 90.9 Å². The molecule has 0 fully saturated rings. The Hall–Kier alpha value is -14.7. The van der Waals surface area contributed by atoms with Crippen molar-refractivity contribution in [3.8, 4) is 67.5 Å². The minimum absolute atomic E-state index is 0.219. The van der Waals surface area contributed by atoms with Gasteiger partial charge in [-0.05, 0) is 259 Å². The first-order chi connectivity index (χ1) is 50.0. The van der Waals surface area contributed by atoms with Gasteiger partial charge in [0.05, 0.1) is 70.5 Å². The highest BCUT2D eigenvalue weighted by molar-refractivity contribution is 6.01. The van der Waals surface area contributed by atoms with Crippen molar-refractivity contribution >= 4 is 94.1 Å². The molecule has 0 saturated heterocycles. The van der Waals surface area contributed by atoms with Gasteiger partial charge in [-0.2, -0.15) is 0 Å². The predicted octanol–water partition coefficient (Wildman–Crippen LogP) is 4.55. The highest BCUT2D eigenvalue weighted by Gasteiger charge is 2.21. The summed E-state index contributed by atoms with van der Waals surface area (Å²) in [6.45, 7) is -0.944. The summed E-state index contributed by atoms with van der Waals surface area (Å²) in [6.07, 6.45) is 7.34. The molecule has 2 N–H and O–H groups in total. The SMILES string of the molecule is O=C([O-])c1cc(COc2ccc(-c3c4nc(c(-c5ccc(OCc6cc(C(=O)[O-])cc(C(=O)[O-])c6)cc5)c5ccc([nH]5)c(-c5ccc(OCc6cc(C(=O)[O-])cc(C(=O)[O-])c6)cc5)c5nc(c(-c6ccc(OCc7cc(C(=O)[O-])cc(C(=O)[O-])c7)cc6)c6ccc3[nH]6)C=C5)C=C4)cc2)cc(C(=O)[O-])c1. The van der Waals surface area contributed by atoms with Crippen LogP contribution in [0.4, 0.5) is 0 Å². The Morgan fingerprint density at radius 3 is 0.587 bits per heavy atom. The number of fused-ring (bicyclic) bond motifs is 8. The van der Waals surface area contributed by atoms with E-state index >= 15 is 0 Å². The van der Waals surface area contributed by atoms with E-state index in [4.69, 9.17) is 28.9 Å². The number of nitrogens with one attached hydrogen (secondary N) is 2. The van der Waals surface area contributed by atoms with Crippen LogP contribution in [0.15, 0.2) is 194 Å². The fraction of sp³-hybridized carbons (Fsp3) is 0.0500. The number of hydrogen-bond acceptors (Lipinski definition) is 22. The van der Waals surface area contributed by atoms with Crippen molar-refractivity contribution in [2.75, 3.05) is 0 Å². The van der Waals surface area contributed by atoms with Crippen LogP contribution < -0.4 is 59.8 Å². The quantitative estimate of drug-likeness (QED) is 0.0838. The van der Waals surface area contributed by atoms with Crippen molar-refractivity contribution in [2.24, 2.45) is 0 Å². The van der Waals surface area contributed by atoms with Crippen LogP contribution in [0, 0.1) is 0 Å². The van der Waals surface area contributed by atoms with Gasteiger partial charge in [0.25, 0.3) is 0 Å². The van der Waals surface area contributed by atoms with Crippen LogP contribution in [0.1, 0.15) is 128 Å². The third kappa shape index (κ3) is 14.8. The maximum Gasteiger partial charge on any atom is 0.119 e. The number of aromatic nitrogens is 4. The Labute approximate surface area is 587 Å². The molecule has 3 aromatic heterocycles.